The number of benzene rings is 1. The molecule has 0 aliphatic carbocycles. The van der Waals surface area contributed by atoms with Crippen LogP contribution in [-0.2, 0) is 4.79 Å². The zero-order valence-corrected chi connectivity index (χ0v) is 12.9. The van der Waals surface area contributed by atoms with E-state index in [-0.39, 0.29) is 11.9 Å². The number of hydrogen-bond acceptors (Lipinski definition) is 4. The summed E-state index contributed by atoms with van der Waals surface area (Å²) in [5.41, 5.74) is 0.661. The monoisotopic (exact) mass is 292 g/mol. The van der Waals surface area contributed by atoms with Crippen molar-refractivity contribution >= 4 is 11.6 Å². The Balaban J connectivity index is 2.15. The SMILES string of the molecule is CCOc1ccc(OCC)c(NC(=O)C2NCCC2C)c1. The van der Waals surface area contributed by atoms with Gasteiger partial charge >= 0.3 is 0 Å². The van der Waals surface area contributed by atoms with Crippen LogP contribution < -0.4 is 20.1 Å². The number of ether oxygens (including phenoxy) is 2. The molecule has 0 radical (unpaired) electrons. The number of carbonyl (C=O) groups is 1. The first kappa shape index (κ1) is 15.6. The number of amides is 1. The minimum atomic E-state index is -0.143. The van der Waals surface area contributed by atoms with E-state index in [0.29, 0.717) is 30.6 Å². The van der Waals surface area contributed by atoms with Crippen LogP contribution in [0.15, 0.2) is 18.2 Å². The molecule has 0 bridgehead atoms. The molecule has 1 saturated heterocycles. The average molecular weight is 292 g/mol. The van der Waals surface area contributed by atoms with Crippen LogP contribution in [0.4, 0.5) is 5.69 Å². The summed E-state index contributed by atoms with van der Waals surface area (Å²) in [6.07, 6.45) is 1.02. The van der Waals surface area contributed by atoms with Gasteiger partial charge in [-0.1, -0.05) is 6.92 Å². The summed E-state index contributed by atoms with van der Waals surface area (Å²) >= 11 is 0. The van der Waals surface area contributed by atoms with Crippen LogP contribution in [0.2, 0.25) is 0 Å². The van der Waals surface area contributed by atoms with Crippen LogP contribution in [0.5, 0.6) is 11.5 Å². The smallest absolute Gasteiger partial charge is 0.241 e. The lowest BCUT2D eigenvalue weighted by molar-refractivity contribution is -0.118. The van der Waals surface area contributed by atoms with Crippen LogP contribution in [0.3, 0.4) is 0 Å². The molecule has 2 rings (SSSR count). The molecule has 5 heteroatoms. The standard InChI is InChI=1S/C16H24N2O3/c1-4-20-12-6-7-14(21-5-2)13(10-12)18-16(19)15-11(3)8-9-17-15/h6-7,10-11,15,17H,4-5,8-9H2,1-3H3,(H,18,19). The molecule has 0 spiro atoms. The molecule has 1 heterocycles. The molecule has 1 aromatic rings. The predicted octanol–water partition coefficient (Wildman–Crippen LogP) is 2.42. The number of nitrogens with one attached hydrogen (secondary N) is 2. The molecule has 2 unspecified atom stereocenters. The number of rotatable bonds is 6. The number of carbonyl (C=O) groups excluding carboxylic acids is 1. The van der Waals surface area contributed by atoms with E-state index in [2.05, 4.69) is 17.6 Å². The van der Waals surface area contributed by atoms with E-state index in [0.717, 1.165) is 18.7 Å². The minimum absolute atomic E-state index is 0.0189. The van der Waals surface area contributed by atoms with Crippen molar-refractivity contribution in [2.24, 2.45) is 5.92 Å². The highest BCUT2D eigenvalue weighted by Crippen LogP contribution is 2.30. The molecule has 1 aliphatic heterocycles. The van der Waals surface area contributed by atoms with Crippen molar-refractivity contribution in [2.45, 2.75) is 33.2 Å². The van der Waals surface area contributed by atoms with E-state index in [9.17, 15) is 4.79 Å². The summed E-state index contributed by atoms with van der Waals surface area (Å²) in [5, 5.41) is 6.19. The van der Waals surface area contributed by atoms with Crippen LogP contribution >= 0.6 is 0 Å². The Morgan fingerprint density at radius 1 is 1.33 bits per heavy atom. The molecular formula is C16H24N2O3. The van der Waals surface area contributed by atoms with Crippen molar-refractivity contribution < 1.29 is 14.3 Å². The lowest BCUT2D eigenvalue weighted by Gasteiger charge is -2.18. The summed E-state index contributed by atoms with van der Waals surface area (Å²) in [5.74, 6) is 1.72. The molecule has 1 amide bonds. The van der Waals surface area contributed by atoms with Crippen LogP contribution in [-0.4, -0.2) is 31.7 Å². The maximum atomic E-state index is 12.4. The van der Waals surface area contributed by atoms with Gasteiger partial charge in [0.25, 0.3) is 0 Å². The Bertz CT molecular complexity index is 490. The van der Waals surface area contributed by atoms with Crippen molar-refractivity contribution in [3.8, 4) is 11.5 Å². The van der Waals surface area contributed by atoms with Crippen LogP contribution in [0, 0.1) is 5.92 Å². The van der Waals surface area contributed by atoms with Crippen LogP contribution in [0.1, 0.15) is 27.2 Å². The van der Waals surface area contributed by atoms with Gasteiger partial charge in [-0.2, -0.15) is 0 Å². The Kier molecular flexibility index (Phi) is 5.44. The second kappa shape index (κ2) is 7.31. The Hall–Kier alpha value is -1.75. The van der Waals surface area contributed by atoms with Crippen LogP contribution in [0.25, 0.3) is 0 Å². The topological polar surface area (TPSA) is 59.6 Å². The fourth-order valence-corrected chi connectivity index (χ4v) is 2.54. The lowest BCUT2D eigenvalue weighted by Crippen LogP contribution is -2.39. The molecule has 5 nitrogen and oxygen atoms in total. The molecule has 0 saturated carbocycles. The highest BCUT2D eigenvalue weighted by molar-refractivity contribution is 5.96. The summed E-state index contributed by atoms with van der Waals surface area (Å²) in [7, 11) is 0. The number of hydrogen-bond donors (Lipinski definition) is 2. The Morgan fingerprint density at radius 3 is 2.71 bits per heavy atom. The van der Waals surface area contributed by atoms with Gasteiger partial charge in [-0.25, -0.2) is 0 Å². The van der Waals surface area contributed by atoms with E-state index in [1.54, 1.807) is 0 Å². The zero-order chi connectivity index (χ0) is 15.2. The first-order chi connectivity index (χ1) is 10.2. The van der Waals surface area contributed by atoms with Gasteiger partial charge in [0.05, 0.1) is 24.9 Å². The molecule has 2 atom stereocenters. The van der Waals surface area contributed by atoms with Crippen molar-refractivity contribution in [3.05, 3.63) is 18.2 Å². The normalized spacial score (nSPS) is 21.1. The number of anilines is 1. The summed E-state index contributed by atoms with van der Waals surface area (Å²) in [4.78, 5) is 12.4. The van der Waals surface area contributed by atoms with Gasteiger partial charge in [0.1, 0.15) is 11.5 Å². The van der Waals surface area contributed by atoms with Gasteiger partial charge in [-0.15, -0.1) is 0 Å². The van der Waals surface area contributed by atoms with E-state index >= 15 is 0 Å². The molecule has 116 valence electrons. The fraction of sp³-hybridized carbons (Fsp3) is 0.562. The van der Waals surface area contributed by atoms with E-state index in [4.69, 9.17) is 9.47 Å². The van der Waals surface area contributed by atoms with Gasteiger partial charge in [-0.05, 0) is 44.9 Å². The third-order valence-corrected chi connectivity index (χ3v) is 3.64. The van der Waals surface area contributed by atoms with E-state index in [1.807, 2.05) is 32.0 Å². The second-order valence-corrected chi connectivity index (χ2v) is 5.21. The maximum absolute atomic E-state index is 12.4. The molecule has 1 fully saturated rings. The Labute approximate surface area is 126 Å². The van der Waals surface area contributed by atoms with Crippen molar-refractivity contribution in [2.75, 3.05) is 25.1 Å². The highest BCUT2D eigenvalue weighted by atomic mass is 16.5. The van der Waals surface area contributed by atoms with Crippen molar-refractivity contribution in [1.82, 2.24) is 5.32 Å². The van der Waals surface area contributed by atoms with Gasteiger partial charge in [-0.3, -0.25) is 4.79 Å². The van der Waals surface area contributed by atoms with Gasteiger partial charge < -0.3 is 20.1 Å². The van der Waals surface area contributed by atoms with Gasteiger partial charge in [0.2, 0.25) is 5.91 Å². The quantitative estimate of drug-likeness (QED) is 0.845. The Morgan fingerprint density at radius 2 is 2.10 bits per heavy atom. The molecule has 21 heavy (non-hydrogen) atoms. The first-order valence-electron chi connectivity index (χ1n) is 7.59. The second-order valence-electron chi connectivity index (χ2n) is 5.21. The first-order valence-corrected chi connectivity index (χ1v) is 7.59. The average Bonchev–Trinajstić information content (AvgIpc) is 2.88. The molecule has 0 aromatic heterocycles. The third-order valence-electron chi connectivity index (χ3n) is 3.64. The third kappa shape index (κ3) is 3.88. The summed E-state index contributed by atoms with van der Waals surface area (Å²) in [6, 6.07) is 5.35. The lowest BCUT2D eigenvalue weighted by atomic mass is 10.0. The summed E-state index contributed by atoms with van der Waals surface area (Å²) in [6.45, 7) is 7.96. The molecule has 1 aromatic carbocycles. The molecule has 1 aliphatic rings. The fourth-order valence-electron chi connectivity index (χ4n) is 2.54. The summed E-state index contributed by atoms with van der Waals surface area (Å²) < 4.78 is 11.1. The van der Waals surface area contributed by atoms with Gasteiger partial charge in [0, 0.05) is 6.07 Å². The van der Waals surface area contributed by atoms with Crippen molar-refractivity contribution in [1.29, 1.82) is 0 Å². The van der Waals surface area contributed by atoms with E-state index < -0.39 is 0 Å². The predicted molar refractivity (Wildman–Crippen MR) is 83.0 cm³/mol. The zero-order valence-electron chi connectivity index (χ0n) is 12.9. The van der Waals surface area contributed by atoms with Crippen molar-refractivity contribution in [3.63, 3.8) is 0 Å². The molecular weight excluding hydrogens is 268 g/mol. The van der Waals surface area contributed by atoms with Gasteiger partial charge in [0.15, 0.2) is 0 Å². The largest absolute Gasteiger partial charge is 0.494 e. The van der Waals surface area contributed by atoms with E-state index in [1.165, 1.54) is 0 Å². The molecule has 2 N–H and O–H groups in total. The maximum Gasteiger partial charge on any atom is 0.241 e. The highest BCUT2D eigenvalue weighted by Gasteiger charge is 2.29. The minimum Gasteiger partial charge on any atom is -0.494 e.